The Morgan fingerprint density at radius 3 is 2.80 bits per heavy atom. The van der Waals surface area contributed by atoms with E-state index in [0.717, 1.165) is 15.2 Å². The highest BCUT2D eigenvalue weighted by molar-refractivity contribution is 7.18. The third-order valence-corrected chi connectivity index (χ3v) is 4.35. The van der Waals surface area contributed by atoms with Gasteiger partial charge in [0.05, 0.1) is 16.3 Å². The second kappa shape index (κ2) is 6.48. The molecule has 1 aromatic carbocycles. The number of hydrogen-bond acceptors (Lipinski definition) is 3. The number of fused-ring (bicyclic) bond motifs is 1. The summed E-state index contributed by atoms with van der Waals surface area (Å²) in [5.74, 6) is -0.0187. The topological polar surface area (TPSA) is 33.2 Å². The molecule has 0 aliphatic rings. The number of likely N-dealkylation sites (N-methyl/N-ethyl adjacent to an activating group) is 1. The largest absolute Gasteiger partial charge is 0.333 e. The Labute approximate surface area is 123 Å². The van der Waals surface area contributed by atoms with E-state index in [1.165, 1.54) is 0 Å². The van der Waals surface area contributed by atoms with Gasteiger partial charge in [-0.25, -0.2) is 4.98 Å². The third kappa shape index (κ3) is 3.14. The van der Waals surface area contributed by atoms with E-state index in [0.29, 0.717) is 0 Å². The van der Waals surface area contributed by atoms with E-state index < -0.39 is 0 Å². The number of nitrogens with zero attached hydrogens (tertiary/aromatic N) is 2. The summed E-state index contributed by atoms with van der Waals surface area (Å²) >= 11 is 1.64. The molecule has 0 saturated carbocycles. The first-order valence-electron chi connectivity index (χ1n) is 6.55. The van der Waals surface area contributed by atoms with Crippen LogP contribution in [-0.2, 0) is 4.79 Å². The number of rotatable bonds is 4. The molecule has 1 aromatic heterocycles. The van der Waals surface area contributed by atoms with Gasteiger partial charge in [0, 0.05) is 13.1 Å². The summed E-state index contributed by atoms with van der Waals surface area (Å²) in [4.78, 5) is 18.3. The van der Waals surface area contributed by atoms with Crippen LogP contribution in [0.15, 0.2) is 48.6 Å². The van der Waals surface area contributed by atoms with Crippen molar-refractivity contribution < 1.29 is 4.79 Å². The molecular weight excluding hydrogens is 268 g/mol. The van der Waals surface area contributed by atoms with Crippen molar-refractivity contribution in [3.63, 3.8) is 0 Å². The number of hydrogen-bond donors (Lipinski definition) is 0. The molecule has 0 aliphatic carbocycles. The Bertz CT molecular complexity index is 624. The van der Waals surface area contributed by atoms with Crippen molar-refractivity contribution in [3.8, 4) is 0 Å². The third-order valence-electron chi connectivity index (χ3n) is 3.14. The van der Waals surface area contributed by atoms with E-state index in [9.17, 15) is 4.79 Å². The standard InChI is InChI=1S/C16H18N2OS/c1-4-5-6-11-15(19)18(3)12(2)16-17-13-9-7-8-10-14(13)20-16/h4-12H,1-3H3/b5-4+,11-6+/t12-/m0/s1. The highest BCUT2D eigenvalue weighted by Crippen LogP contribution is 2.28. The van der Waals surface area contributed by atoms with Crippen molar-refractivity contribution >= 4 is 27.5 Å². The summed E-state index contributed by atoms with van der Waals surface area (Å²) < 4.78 is 1.15. The zero-order valence-corrected chi connectivity index (χ0v) is 12.7. The summed E-state index contributed by atoms with van der Waals surface area (Å²) in [7, 11) is 1.80. The summed E-state index contributed by atoms with van der Waals surface area (Å²) in [5, 5.41) is 0.960. The molecule has 0 fully saturated rings. The second-order valence-corrected chi connectivity index (χ2v) is 5.59. The summed E-state index contributed by atoms with van der Waals surface area (Å²) in [6.45, 7) is 3.92. The fourth-order valence-corrected chi connectivity index (χ4v) is 2.85. The van der Waals surface area contributed by atoms with Gasteiger partial charge in [-0.15, -0.1) is 11.3 Å². The maximum atomic E-state index is 12.0. The van der Waals surface area contributed by atoms with Crippen LogP contribution in [0.5, 0.6) is 0 Å². The first-order chi connectivity index (χ1) is 9.63. The lowest BCUT2D eigenvalue weighted by Gasteiger charge is -2.21. The lowest BCUT2D eigenvalue weighted by molar-refractivity contribution is -0.126. The molecule has 0 bridgehead atoms. The molecule has 4 heteroatoms. The number of carbonyl (C=O) groups excluding carboxylic acids is 1. The average molecular weight is 286 g/mol. The van der Waals surface area contributed by atoms with Crippen LogP contribution in [0.25, 0.3) is 10.2 Å². The van der Waals surface area contributed by atoms with E-state index >= 15 is 0 Å². The number of allylic oxidation sites excluding steroid dienone is 3. The van der Waals surface area contributed by atoms with E-state index in [2.05, 4.69) is 11.1 Å². The fourth-order valence-electron chi connectivity index (χ4n) is 1.79. The molecule has 2 rings (SSSR count). The molecule has 1 atom stereocenters. The number of aromatic nitrogens is 1. The zero-order chi connectivity index (χ0) is 14.5. The van der Waals surface area contributed by atoms with Crippen molar-refractivity contribution in [3.05, 3.63) is 53.6 Å². The first-order valence-corrected chi connectivity index (χ1v) is 7.36. The number of carbonyl (C=O) groups is 1. The molecule has 0 aliphatic heterocycles. The van der Waals surface area contributed by atoms with Crippen LogP contribution in [0.3, 0.4) is 0 Å². The van der Waals surface area contributed by atoms with Crippen LogP contribution in [0.4, 0.5) is 0 Å². The van der Waals surface area contributed by atoms with Crippen LogP contribution >= 0.6 is 11.3 Å². The van der Waals surface area contributed by atoms with Gasteiger partial charge in [-0.3, -0.25) is 4.79 Å². The summed E-state index contributed by atoms with van der Waals surface area (Å²) in [6, 6.07) is 8.00. The molecule has 1 heterocycles. The SMILES string of the molecule is C/C=C/C=C/C(=O)N(C)[C@@H](C)c1nc2ccccc2s1. The van der Waals surface area contributed by atoms with Gasteiger partial charge in [-0.1, -0.05) is 30.4 Å². The minimum atomic E-state index is -0.0323. The van der Waals surface area contributed by atoms with Gasteiger partial charge in [0.2, 0.25) is 5.91 Å². The van der Waals surface area contributed by atoms with Crippen molar-refractivity contribution in [1.82, 2.24) is 9.88 Å². The molecular formula is C16H18N2OS. The van der Waals surface area contributed by atoms with Gasteiger partial charge in [0.1, 0.15) is 5.01 Å². The Morgan fingerprint density at radius 2 is 2.10 bits per heavy atom. The molecule has 104 valence electrons. The maximum absolute atomic E-state index is 12.0. The molecule has 20 heavy (non-hydrogen) atoms. The fraction of sp³-hybridized carbons (Fsp3) is 0.250. The van der Waals surface area contributed by atoms with Crippen LogP contribution in [0.1, 0.15) is 24.9 Å². The van der Waals surface area contributed by atoms with Gasteiger partial charge in [0.25, 0.3) is 0 Å². The number of benzene rings is 1. The van der Waals surface area contributed by atoms with Crippen molar-refractivity contribution in [2.24, 2.45) is 0 Å². The van der Waals surface area contributed by atoms with E-state index in [-0.39, 0.29) is 11.9 Å². The Kier molecular flexibility index (Phi) is 4.69. The van der Waals surface area contributed by atoms with Crippen LogP contribution in [0, 0.1) is 0 Å². The first kappa shape index (κ1) is 14.5. The highest BCUT2D eigenvalue weighted by atomic mass is 32.1. The van der Waals surface area contributed by atoms with Gasteiger partial charge in [-0.2, -0.15) is 0 Å². The molecule has 1 amide bonds. The molecule has 0 unspecified atom stereocenters. The number of thiazole rings is 1. The minimum absolute atomic E-state index is 0.0187. The smallest absolute Gasteiger partial charge is 0.246 e. The molecule has 2 aromatic rings. The van der Waals surface area contributed by atoms with E-state index in [1.54, 1.807) is 35.4 Å². The number of para-hydroxylation sites is 1. The zero-order valence-electron chi connectivity index (χ0n) is 11.9. The second-order valence-electron chi connectivity index (χ2n) is 4.53. The van der Waals surface area contributed by atoms with Crippen molar-refractivity contribution in [2.45, 2.75) is 19.9 Å². The quantitative estimate of drug-likeness (QED) is 0.630. The Balaban J connectivity index is 2.17. The van der Waals surface area contributed by atoms with Gasteiger partial charge < -0.3 is 4.90 Å². The van der Waals surface area contributed by atoms with Crippen LogP contribution in [-0.4, -0.2) is 22.8 Å². The molecule has 0 spiro atoms. The normalized spacial score (nSPS) is 13.3. The average Bonchev–Trinajstić information content (AvgIpc) is 2.89. The van der Waals surface area contributed by atoms with Gasteiger partial charge in [-0.05, 0) is 26.0 Å². The minimum Gasteiger partial charge on any atom is -0.333 e. The van der Waals surface area contributed by atoms with Crippen molar-refractivity contribution in [1.29, 1.82) is 0 Å². The van der Waals surface area contributed by atoms with Crippen LogP contribution < -0.4 is 0 Å². The Morgan fingerprint density at radius 1 is 1.35 bits per heavy atom. The summed E-state index contributed by atoms with van der Waals surface area (Å²) in [5.41, 5.74) is 0.990. The monoisotopic (exact) mass is 286 g/mol. The number of amides is 1. The lowest BCUT2D eigenvalue weighted by Crippen LogP contribution is -2.27. The van der Waals surface area contributed by atoms with Gasteiger partial charge in [0.15, 0.2) is 0 Å². The molecule has 0 N–H and O–H groups in total. The molecule has 3 nitrogen and oxygen atoms in total. The van der Waals surface area contributed by atoms with Gasteiger partial charge >= 0.3 is 0 Å². The van der Waals surface area contributed by atoms with Crippen molar-refractivity contribution in [2.75, 3.05) is 7.05 Å². The summed E-state index contributed by atoms with van der Waals surface area (Å²) in [6.07, 6.45) is 7.06. The van der Waals surface area contributed by atoms with Crippen LogP contribution in [0.2, 0.25) is 0 Å². The lowest BCUT2D eigenvalue weighted by atomic mass is 10.3. The van der Waals surface area contributed by atoms with E-state index in [4.69, 9.17) is 0 Å². The maximum Gasteiger partial charge on any atom is 0.246 e. The predicted molar refractivity (Wildman–Crippen MR) is 84.8 cm³/mol. The van der Waals surface area contributed by atoms with E-state index in [1.807, 2.05) is 44.2 Å². The molecule has 0 saturated heterocycles. The Hall–Kier alpha value is -1.94. The highest BCUT2D eigenvalue weighted by Gasteiger charge is 2.18. The predicted octanol–water partition coefficient (Wildman–Crippen LogP) is 3.95. The molecule has 0 radical (unpaired) electrons.